The van der Waals surface area contributed by atoms with Crippen molar-refractivity contribution in [3.05, 3.63) is 0 Å². The summed E-state index contributed by atoms with van der Waals surface area (Å²) in [7, 11) is 1.40. The molecule has 0 amide bonds. The van der Waals surface area contributed by atoms with Crippen molar-refractivity contribution in [2.24, 2.45) is 0 Å². The average molecular weight is 975 g/mol. The van der Waals surface area contributed by atoms with Gasteiger partial charge in [-0.15, -0.1) is 0 Å². The van der Waals surface area contributed by atoms with Gasteiger partial charge in [-0.05, 0) is 62.2 Å². The molecule has 0 aliphatic heterocycles. The smallest absolute Gasteiger partial charge is 0.462 e. The van der Waals surface area contributed by atoms with Crippen LogP contribution in [0.5, 0.6) is 0 Å². The highest BCUT2D eigenvalue weighted by atomic mass is 31.2. The molecular formula is C56H97NO10P+. The van der Waals surface area contributed by atoms with Gasteiger partial charge in [0.2, 0.25) is 0 Å². The normalized spacial score (nSPS) is 12.3. The minimum absolute atomic E-state index is 0.00711. The Kier molecular flexibility index (Phi) is 47.1. The van der Waals surface area contributed by atoms with Crippen LogP contribution in [0.2, 0.25) is 0 Å². The Bertz CT molecular complexity index is 1520. The van der Waals surface area contributed by atoms with Crippen molar-refractivity contribution in [3.8, 4) is 47.4 Å². The molecule has 12 heteroatoms. The van der Waals surface area contributed by atoms with Crippen LogP contribution in [-0.4, -0.2) is 101 Å². The van der Waals surface area contributed by atoms with Crippen LogP contribution in [-0.2, 0) is 42.1 Å². The van der Waals surface area contributed by atoms with Crippen molar-refractivity contribution in [2.45, 2.75) is 225 Å². The minimum Gasteiger partial charge on any atom is -0.462 e. The topological polar surface area (TPSA) is 127 Å². The SMILES string of the molecule is CCCCCCCCCCOCC#CC#CCCCCCCCCC(=O)OC[C@H](COP(=O)(O)OCC[N+](C)(C)C)OC(=O)CCCCCCCCC#CC#CCOCCCCCCCCCC. The molecule has 0 spiro atoms. The van der Waals surface area contributed by atoms with Gasteiger partial charge in [-0.2, -0.15) is 0 Å². The highest BCUT2D eigenvalue weighted by molar-refractivity contribution is 7.47. The van der Waals surface area contributed by atoms with Crippen LogP contribution in [0.15, 0.2) is 0 Å². The third-order valence-corrected chi connectivity index (χ3v) is 12.1. The molecular weight excluding hydrogens is 878 g/mol. The van der Waals surface area contributed by atoms with E-state index in [-0.39, 0.29) is 26.1 Å². The first-order valence-electron chi connectivity index (χ1n) is 26.8. The molecule has 0 bridgehead atoms. The van der Waals surface area contributed by atoms with Crippen molar-refractivity contribution in [2.75, 3.05) is 73.9 Å². The van der Waals surface area contributed by atoms with Crippen molar-refractivity contribution >= 4 is 19.8 Å². The molecule has 0 aromatic carbocycles. The number of unbranched alkanes of at least 4 members (excludes halogenated alkanes) is 26. The molecule has 2 atom stereocenters. The maximum atomic E-state index is 12.8. The van der Waals surface area contributed by atoms with Gasteiger partial charge in [-0.1, -0.05) is 179 Å². The Balaban J connectivity index is 4.30. The van der Waals surface area contributed by atoms with E-state index in [9.17, 15) is 19.0 Å². The largest absolute Gasteiger partial charge is 0.472 e. The summed E-state index contributed by atoms with van der Waals surface area (Å²) in [6.45, 7) is 6.68. The Morgan fingerprint density at radius 3 is 1.34 bits per heavy atom. The summed E-state index contributed by atoms with van der Waals surface area (Å²) in [5.74, 6) is 22.9. The fraction of sp³-hybridized carbons (Fsp3) is 0.821. The number of carbonyl (C=O) groups is 2. The van der Waals surface area contributed by atoms with Gasteiger partial charge >= 0.3 is 19.8 Å². The maximum Gasteiger partial charge on any atom is 0.472 e. The molecule has 1 unspecified atom stereocenters. The molecule has 0 heterocycles. The molecule has 0 saturated carbocycles. The second-order valence-corrected chi connectivity index (χ2v) is 20.4. The second kappa shape index (κ2) is 49.2. The minimum atomic E-state index is -4.42. The average Bonchev–Trinajstić information content (AvgIpc) is 3.30. The standard InChI is InChI=1S/C56H96NO10P/c1-6-8-10-12-14-28-34-40-47-62-49-42-36-30-24-20-16-18-22-26-32-38-44-55(58)64-52-54(53-66-68(60,61)65-51-46-57(3,4)5)67-56(59)45-39-33-27-23-19-17-21-25-31-37-43-50-63-48-41-35-29-15-13-11-9-7-2/h54H,6-23,26-29,32-35,38-41,44-53H2,1-5H3/p+1/t54-/m1/s1. The highest BCUT2D eigenvalue weighted by Gasteiger charge is 2.27. The lowest BCUT2D eigenvalue weighted by atomic mass is 10.1. The zero-order valence-corrected chi connectivity index (χ0v) is 44.8. The first-order chi connectivity index (χ1) is 33.0. The summed E-state index contributed by atoms with van der Waals surface area (Å²) < 4.78 is 45.5. The van der Waals surface area contributed by atoms with Crippen molar-refractivity contribution < 1.29 is 51.5 Å². The summed E-state index contributed by atoms with van der Waals surface area (Å²) in [5.41, 5.74) is 0. The van der Waals surface area contributed by atoms with Crippen LogP contribution in [0.4, 0.5) is 0 Å². The van der Waals surface area contributed by atoms with Crippen LogP contribution in [0.3, 0.4) is 0 Å². The van der Waals surface area contributed by atoms with Crippen LogP contribution < -0.4 is 0 Å². The molecule has 0 saturated heterocycles. The first-order valence-corrected chi connectivity index (χ1v) is 28.3. The molecule has 68 heavy (non-hydrogen) atoms. The summed E-state index contributed by atoms with van der Waals surface area (Å²) in [6, 6.07) is 0. The number of likely N-dealkylation sites (N-methyl/N-ethyl adjacent to an activating group) is 1. The third-order valence-electron chi connectivity index (χ3n) is 11.1. The van der Waals surface area contributed by atoms with Gasteiger partial charge < -0.3 is 28.3 Å². The van der Waals surface area contributed by atoms with Gasteiger partial charge in [0.15, 0.2) is 6.10 Å². The lowest BCUT2D eigenvalue weighted by molar-refractivity contribution is -0.870. The van der Waals surface area contributed by atoms with E-state index in [1.165, 1.54) is 89.9 Å². The Hall–Kier alpha value is -2.83. The molecule has 0 aromatic heterocycles. The number of phosphoric acid groups is 1. The molecule has 1 N–H and O–H groups in total. The van der Waals surface area contributed by atoms with E-state index in [1.807, 2.05) is 21.1 Å². The fourth-order valence-corrected chi connectivity index (χ4v) is 7.68. The van der Waals surface area contributed by atoms with Crippen molar-refractivity contribution in [1.29, 1.82) is 0 Å². The number of carbonyl (C=O) groups excluding carboxylic acids is 2. The van der Waals surface area contributed by atoms with Crippen LogP contribution >= 0.6 is 7.82 Å². The molecule has 0 rings (SSSR count). The van der Waals surface area contributed by atoms with E-state index >= 15 is 0 Å². The van der Waals surface area contributed by atoms with E-state index < -0.39 is 32.5 Å². The number of rotatable bonds is 46. The number of quaternary nitrogens is 1. The molecule has 390 valence electrons. The van der Waals surface area contributed by atoms with Crippen molar-refractivity contribution in [1.82, 2.24) is 0 Å². The summed E-state index contributed by atoms with van der Waals surface area (Å²) in [4.78, 5) is 35.6. The monoisotopic (exact) mass is 975 g/mol. The molecule has 0 aromatic rings. The Morgan fingerprint density at radius 1 is 0.485 bits per heavy atom. The van der Waals surface area contributed by atoms with E-state index in [0.717, 1.165) is 103 Å². The number of ether oxygens (including phenoxy) is 4. The lowest BCUT2D eigenvalue weighted by Gasteiger charge is -2.24. The number of hydrogen-bond acceptors (Lipinski definition) is 9. The van der Waals surface area contributed by atoms with Gasteiger partial charge in [-0.25, -0.2) is 4.57 Å². The number of phosphoric ester groups is 1. The van der Waals surface area contributed by atoms with Crippen molar-refractivity contribution in [3.63, 3.8) is 0 Å². The zero-order valence-electron chi connectivity index (χ0n) is 43.9. The van der Waals surface area contributed by atoms with Crippen LogP contribution in [0.25, 0.3) is 0 Å². The van der Waals surface area contributed by atoms with E-state index in [2.05, 4.69) is 61.2 Å². The first kappa shape index (κ1) is 65.2. The fourth-order valence-electron chi connectivity index (χ4n) is 6.94. The summed E-state index contributed by atoms with van der Waals surface area (Å²) in [6.07, 6.45) is 32.9. The van der Waals surface area contributed by atoms with E-state index in [4.69, 9.17) is 28.0 Å². The zero-order chi connectivity index (χ0) is 49.9. The van der Waals surface area contributed by atoms with E-state index in [1.54, 1.807) is 0 Å². The van der Waals surface area contributed by atoms with Gasteiger partial charge in [0.05, 0.1) is 27.7 Å². The van der Waals surface area contributed by atoms with Gasteiger partial charge in [0.1, 0.15) is 33.0 Å². The van der Waals surface area contributed by atoms with Crippen LogP contribution in [0, 0.1) is 47.4 Å². The second-order valence-electron chi connectivity index (χ2n) is 18.9. The number of esters is 2. The Morgan fingerprint density at radius 2 is 0.882 bits per heavy atom. The number of nitrogens with zero attached hydrogens (tertiary/aromatic N) is 1. The lowest BCUT2D eigenvalue weighted by Crippen LogP contribution is -2.37. The van der Waals surface area contributed by atoms with E-state index in [0.29, 0.717) is 37.1 Å². The molecule has 0 fully saturated rings. The predicted octanol–water partition coefficient (Wildman–Crippen LogP) is 12.9. The molecule has 11 nitrogen and oxygen atoms in total. The maximum absolute atomic E-state index is 12.8. The highest BCUT2D eigenvalue weighted by Crippen LogP contribution is 2.43. The molecule has 0 aliphatic carbocycles. The number of hydrogen-bond donors (Lipinski definition) is 1. The predicted molar refractivity (Wildman–Crippen MR) is 277 cm³/mol. The quantitative estimate of drug-likeness (QED) is 0.0207. The summed E-state index contributed by atoms with van der Waals surface area (Å²) in [5, 5.41) is 0. The van der Waals surface area contributed by atoms with Gasteiger partial charge in [0, 0.05) is 38.9 Å². The molecule has 0 aliphatic rings. The van der Waals surface area contributed by atoms with Gasteiger partial charge in [0.25, 0.3) is 0 Å². The molecule has 0 radical (unpaired) electrons. The van der Waals surface area contributed by atoms with Gasteiger partial charge in [-0.3, -0.25) is 18.6 Å². The van der Waals surface area contributed by atoms with Crippen LogP contribution in [0.1, 0.15) is 219 Å². The Labute approximate surface area is 416 Å². The third kappa shape index (κ3) is 52.5. The summed E-state index contributed by atoms with van der Waals surface area (Å²) >= 11 is 0.